The molecule has 0 saturated carbocycles. The highest BCUT2D eigenvalue weighted by Gasteiger charge is 2.45. The van der Waals surface area contributed by atoms with E-state index in [4.69, 9.17) is 9.47 Å². The number of hydrogen-bond acceptors (Lipinski definition) is 6. The first-order valence-corrected chi connectivity index (χ1v) is 11.8. The van der Waals surface area contributed by atoms with Gasteiger partial charge in [0, 0.05) is 17.9 Å². The average Bonchev–Trinajstić information content (AvgIpc) is 2.71. The van der Waals surface area contributed by atoms with Gasteiger partial charge < -0.3 is 19.7 Å². The highest BCUT2D eigenvalue weighted by Crippen LogP contribution is 2.47. The lowest BCUT2D eigenvalue weighted by Gasteiger charge is -2.44. The summed E-state index contributed by atoms with van der Waals surface area (Å²) in [4.78, 5) is 36.3. The minimum absolute atomic E-state index is 0.0171. The molecule has 7 heteroatoms. The van der Waals surface area contributed by atoms with Crippen molar-refractivity contribution in [3.63, 3.8) is 0 Å². The lowest BCUT2D eigenvalue weighted by molar-refractivity contribution is -0.162. The molecule has 0 aromatic carbocycles. The van der Waals surface area contributed by atoms with E-state index in [1.54, 1.807) is 6.08 Å². The zero-order valence-electron chi connectivity index (χ0n) is 19.5. The van der Waals surface area contributed by atoms with Gasteiger partial charge in [0.15, 0.2) is 0 Å². The number of fused-ring (bicyclic) bond motifs is 1. The molecule has 0 bridgehead atoms. The lowest BCUT2D eigenvalue weighted by atomic mass is 9.63. The molecule has 178 valence electrons. The monoisotopic (exact) mass is 448 g/mol. The number of cyclic esters (lactones) is 1. The van der Waals surface area contributed by atoms with Gasteiger partial charge in [-0.05, 0) is 55.1 Å². The number of aliphatic carboxylic acids is 1. The summed E-state index contributed by atoms with van der Waals surface area (Å²) < 4.78 is 11.4. The largest absolute Gasteiger partial charge is 0.478 e. The quantitative estimate of drug-likeness (QED) is 0.572. The Labute approximate surface area is 189 Å². The third-order valence-corrected chi connectivity index (χ3v) is 7.37. The molecule has 3 rings (SSSR count). The van der Waals surface area contributed by atoms with Gasteiger partial charge in [-0.25, -0.2) is 4.79 Å². The summed E-state index contributed by atoms with van der Waals surface area (Å²) in [6.07, 6.45) is 5.44. The number of hydrogen-bond donors (Lipinski definition) is 2. The van der Waals surface area contributed by atoms with Crippen molar-refractivity contribution in [1.82, 2.24) is 0 Å². The first kappa shape index (κ1) is 24.5. The van der Waals surface area contributed by atoms with E-state index in [9.17, 15) is 24.6 Å². The van der Waals surface area contributed by atoms with E-state index in [1.165, 1.54) is 0 Å². The fourth-order valence-corrected chi connectivity index (χ4v) is 5.41. The molecule has 3 aliphatic rings. The zero-order valence-corrected chi connectivity index (χ0v) is 19.5. The minimum Gasteiger partial charge on any atom is -0.478 e. The second-order valence-corrected chi connectivity index (χ2v) is 9.83. The summed E-state index contributed by atoms with van der Waals surface area (Å²) in [5.41, 5.74) is 1.28. The maximum absolute atomic E-state index is 12.6. The fourth-order valence-electron chi connectivity index (χ4n) is 5.41. The number of carbonyl (C=O) groups excluding carboxylic acids is 2. The van der Waals surface area contributed by atoms with Crippen LogP contribution in [0.2, 0.25) is 0 Å². The normalized spacial score (nSPS) is 35.7. The smallest absolute Gasteiger partial charge is 0.331 e. The predicted molar refractivity (Wildman–Crippen MR) is 117 cm³/mol. The Bertz CT molecular complexity index is 798. The third kappa shape index (κ3) is 5.42. The van der Waals surface area contributed by atoms with E-state index in [1.807, 2.05) is 20.8 Å². The Kier molecular flexibility index (Phi) is 7.80. The van der Waals surface area contributed by atoms with Crippen molar-refractivity contribution in [2.75, 3.05) is 0 Å². The Balaban J connectivity index is 1.87. The van der Waals surface area contributed by atoms with Crippen LogP contribution in [0.25, 0.3) is 0 Å². The average molecular weight is 449 g/mol. The molecular formula is C25H36O7. The summed E-state index contributed by atoms with van der Waals surface area (Å²) in [6, 6.07) is 0. The van der Waals surface area contributed by atoms with Crippen molar-refractivity contribution < 1.29 is 34.1 Å². The molecule has 0 unspecified atom stereocenters. The lowest BCUT2D eigenvalue weighted by Crippen LogP contribution is -2.44. The Morgan fingerprint density at radius 2 is 1.97 bits per heavy atom. The molecule has 0 spiro atoms. The number of aliphatic hydroxyl groups excluding tert-OH is 1. The first-order valence-electron chi connectivity index (χ1n) is 11.8. The Morgan fingerprint density at radius 3 is 2.59 bits per heavy atom. The molecule has 2 aliphatic carbocycles. The second-order valence-electron chi connectivity index (χ2n) is 9.83. The van der Waals surface area contributed by atoms with Gasteiger partial charge in [-0.15, -0.1) is 0 Å². The van der Waals surface area contributed by atoms with Gasteiger partial charge in [0.2, 0.25) is 0 Å². The van der Waals surface area contributed by atoms with Gasteiger partial charge in [0.05, 0.1) is 18.4 Å². The third-order valence-electron chi connectivity index (χ3n) is 7.37. The molecule has 1 aliphatic heterocycles. The van der Waals surface area contributed by atoms with E-state index in [-0.39, 0.29) is 54.2 Å². The fraction of sp³-hybridized carbons (Fsp3) is 0.720. The number of esters is 2. The number of carbonyl (C=O) groups is 3. The van der Waals surface area contributed by atoms with E-state index in [0.29, 0.717) is 37.7 Å². The van der Waals surface area contributed by atoms with Crippen LogP contribution in [0, 0.1) is 29.6 Å². The van der Waals surface area contributed by atoms with Crippen LogP contribution in [-0.2, 0) is 23.9 Å². The standard InChI is InChI=1S/C25H36O7/c1-5-14(3)25(30)32-21-9-13(2)8-16-10-20(24(28)29)15(4)19(23(16)21)7-6-18-11-17(26)12-22(27)31-18/h8,10,13-15,17-19,21,23,26H,5-7,9,11-12H2,1-4H3,(H,28,29)/t13-,14-,15-,17+,18+,19-,21-,23-/m0/s1. The SMILES string of the molecule is CC[C@H](C)C(=O)O[C@H]1C[C@@H](C)C=C2C=C(C(=O)O)[C@@H](C)[C@H](CC[C@@H]3C[C@@H](O)CC(=O)O3)[C@H]21. The molecule has 1 heterocycles. The predicted octanol–water partition coefficient (Wildman–Crippen LogP) is 3.65. The number of ether oxygens (including phenoxy) is 2. The summed E-state index contributed by atoms with van der Waals surface area (Å²) in [5, 5.41) is 19.7. The molecular weight excluding hydrogens is 412 g/mol. The van der Waals surface area contributed by atoms with E-state index in [2.05, 4.69) is 13.0 Å². The van der Waals surface area contributed by atoms with Crippen LogP contribution >= 0.6 is 0 Å². The molecule has 0 amide bonds. The molecule has 7 nitrogen and oxygen atoms in total. The molecule has 8 atom stereocenters. The first-order chi connectivity index (χ1) is 15.1. The number of allylic oxidation sites excluding steroid dienone is 2. The highest BCUT2D eigenvalue weighted by molar-refractivity contribution is 5.88. The molecule has 0 aromatic rings. The molecule has 0 aromatic heterocycles. The summed E-state index contributed by atoms with van der Waals surface area (Å²) >= 11 is 0. The summed E-state index contributed by atoms with van der Waals surface area (Å²) in [6.45, 7) is 7.78. The molecule has 32 heavy (non-hydrogen) atoms. The van der Waals surface area contributed by atoms with Gasteiger partial charge in [-0.3, -0.25) is 9.59 Å². The van der Waals surface area contributed by atoms with Gasteiger partial charge in [0.25, 0.3) is 0 Å². The van der Waals surface area contributed by atoms with Crippen molar-refractivity contribution in [2.24, 2.45) is 29.6 Å². The van der Waals surface area contributed by atoms with Crippen molar-refractivity contribution in [3.05, 3.63) is 23.3 Å². The van der Waals surface area contributed by atoms with Gasteiger partial charge >= 0.3 is 17.9 Å². The molecule has 1 fully saturated rings. The number of carboxylic acids is 1. The van der Waals surface area contributed by atoms with Crippen LogP contribution in [0.1, 0.15) is 66.2 Å². The van der Waals surface area contributed by atoms with E-state index < -0.39 is 18.0 Å². The Morgan fingerprint density at radius 1 is 1.25 bits per heavy atom. The summed E-state index contributed by atoms with van der Waals surface area (Å²) in [7, 11) is 0. The van der Waals surface area contributed by atoms with Crippen LogP contribution in [0.3, 0.4) is 0 Å². The minimum atomic E-state index is -0.937. The van der Waals surface area contributed by atoms with Crippen molar-refractivity contribution in [2.45, 2.75) is 84.5 Å². The molecule has 1 saturated heterocycles. The molecule has 0 radical (unpaired) electrons. The number of aliphatic hydroxyl groups is 1. The second kappa shape index (κ2) is 10.2. The van der Waals surface area contributed by atoms with Gasteiger partial charge in [-0.2, -0.15) is 0 Å². The molecule has 2 N–H and O–H groups in total. The highest BCUT2D eigenvalue weighted by atomic mass is 16.6. The van der Waals surface area contributed by atoms with Crippen LogP contribution in [0.5, 0.6) is 0 Å². The van der Waals surface area contributed by atoms with Crippen molar-refractivity contribution >= 4 is 17.9 Å². The van der Waals surface area contributed by atoms with Gasteiger partial charge in [-0.1, -0.05) is 33.8 Å². The van der Waals surface area contributed by atoms with Crippen LogP contribution in [0.4, 0.5) is 0 Å². The summed E-state index contributed by atoms with van der Waals surface area (Å²) in [5.74, 6) is -1.97. The maximum atomic E-state index is 12.6. The van der Waals surface area contributed by atoms with E-state index in [0.717, 1.165) is 5.57 Å². The van der Waals surface area contributed by atoms with Crippen LogP contribution in [-0.4, -0.2) is 46.4 Å². The van der Waals surface area contributed by atoms with Crippen molar-refractivity contribution in [3.8, 4) is 0 Å². The van der Waals surface area contributed by atoms with E-state index >= 15 is 0 Å². The maximum Gasteiger partial charge on any atom is 0.331 e. The zero-order chi connectivity index (χ0) is 23.6. The van der Waals surface area contributed by atoms with Gasteiger partial charge in [0.1, 0.15) is 12.2 Å². The van der Waals surface area contributed by atoms with Crippen LogP contribution in [0.15, 0.2) is 23.3 Å². The van der Waals surface area contributed by atoms with Crippen molar-refractivity contribution in [1.29, 1.82) is 0 Å². The van der Waals surface area contributed by atoms with Crippen LogP contribution < -0.4 is 0 Å². The topological polar surface area (TPSA) is 110 Å². The number of carboxylic acid groups (broad SMARTS) is 1. The number of rotatable bonds is 7. The Hall–Kier alpha value is -2.15.